The molecule has 2 rings (SSSR count). The molecule has 2 aromatic rings. The summed E-state index contributed by atoms with van der Waals surface area (Å²) in [6.07, 6.45) is 1.11. The van der Waals surface area contributed by atoms with Crippen molar-refractivity contribution in [1.29, 1.82) is 0 Å². The number of rotatable bonds is 8. The van der Waals surface area contributed by atoms with Crippen molar-refractivity contribution in [2.75, 3.05) is 34.2 Å². The van der Waals surface area contributed by atoms with Crippen LogP contribution in [0.5, 0.6) is 0 Å². The molecule has 0 bridgehead atoms. The number of guanidine groups is 1. The first-order valence-electron chi connectivity index (χ1n) is 8.27. The van der Waals surface area contributed by atoms with Crippen LogP contribution in [0.3, 0.4) is 0 Å². The van der Waals surface area contributed by atoms with Gasteiger partial charge in [0.25, 0.3) is 0 Å². The average Bonchev–Trinajstić information content (AvgIpc) is 3.24. The summed E-state index contributed by atoms with van der Waals surface area (Å²) in [5, 5.41) is 11.2. The van der Waals surface area contributed by atoms with Gasteiger partial charge in [0.05, 0.1) is 6.04 Å². The van der Waals surface area contributed by atoms with Crippen LogP contribution in [0.25, 0.3) is 0 Å². The van der Waals surface area contributed by atoms with Crippen LogP contribution in [0.4, 0.5) is 0 Å². The van der Waals surface area contributed by atoms with E-state index >= 15 is 0 Å². The molecule has 2 N–H and O–H groups in total. The van der Waals surface area contributed by atoms with Crippen LogP contribution in [0.1, 0.15) is 22.7 Å². The van der Waals surface area contributed by atoms with E-state index in [9.17, 15) is 0 Å². The Morgan fingerprint density at radius 2 is 1.83 bits per heavy atom. The van der Waals surface area contributed by atoms with Crippen molar-refractivity contribution in [1.82, 2.24) is 15.5 Å². The lowest BCUT2D eigenvalue weighted by molar-refractivity contribution is 0.302. The molecule has 132 valence electrons. The zero-order valence-corrected chi connectivity index (χ0v) is 16.6. The van der Waals surface area contributed by atoms with Crippen LogP contribution in [0.2, 0.25) is 0 Å². The number of nitrogens with one attached hydrogen (secondary N) is 2. The molecule has 4 nitrogen and oxygen atoms in total. The maximum absolute atomic E-state index is 4.35. The highest BCUT2D eigenvalue weighted by Gasteiger charge is 2.15. The first kappa shape index (κ1) is 19.0. The van der Waals surface area contributed by atoms with Gasteiger partial charge in [-0.05, 0) is 49.3 Å². The molecule has 0 fully saturated rings. The highest BCUT2D eigenvalue weighted by molar-refractivity contribution is 7.10. The Hall–Kier alpha value is -1.37. The third-order valence-electron chi connectivity index (χ3n) is 3.93. The van der Waals surface area contributed by atoms with E-state index < -0.39 is 0 Å². The highest BCUT2D eigenvalue weighted by Crippen LogP contribution is 2.22. The Morgan fingerprint density at radius 3 is 2.42 bits per heavy atom. The molecular weight excluding hydrogens is 336 g/mol. The molecule has 0 aliphatic carbocycles. The van der Waals surface area contributed by atoms with E-state index in [-0.39, 0.29) is 0 Å². The fourth-order valence-electron chi connectivity index (χ4n) is 2.55. The molecule has 0 aliphatic rings. The lowest BCUT2D eigenvalue weighted by atomic mass is 10.1. The summed E-state index contributed by atoms with van der Waals surface area (Å²) in [7, 11) is 6.06. The number of aliphatic imine (C=N–C) groups is 1. The Morgan fingerprint density at radius 1 is 1.12 bits per heavy atom. The van der Waals surface area contributed by atoms with Crippen molar-refractivity contribution in [3.8, 4) is 0 Å². The minimum Gasteiger partial charge on any atom is -0.356 e. The SMILES string of the molecule is CN=C(NCC(C)Cc1cccs1)NCC(c1cccs1)N(C)C. The van der Waals surface area contributed by atoms with Crippen LogP contribution < -0.4 is 10.6 Å². The number of hydrogen-bond acceptors (Lipinski definition) is 4. The molecule has 2 aromatic heterocycles. The Bertz CT molecular complexity index is 591. The van der Waals surface area contributed by atoms with Crippen LogP contribution in [0, 0.1) is 5.92 Å². The first-order chi connectivity index (χ1) is 11.6. The van der Waals surface area contributed by atoms with E-state index in [2.05, 4.69) is 76.6 Å². The molecule has 2 heterocycles. The number of nitrogens with zero attached hydrogens (tertiary/aromatic N) is 2. The topological polar surface area (TPSA) is 39.7 Å². The summed E-state index contributed by atoms with van der Waals surface area (Å²) in [5.74, 6) is 1.44. The summed E-state index contributed by atoms with van der Waals surface area (Å²) in [6, 6.07) is 8.97. The van der Waals surface area contributed by atoms with E-state index in [1.807, 2.05) is 18.4 Å². The maximum Gasteiger partial charge on any atom is 0.191 e. The second-order valence-corrected chi connectivity index (χ2v) is 8.23. The molecule has 0 spiro atoms. The second-order valence-electron chi connectivity index (χ2n) is 6.22. The van der Waals surface area contributed by atoms with Gasteiger partial charge < -0.3 is 15.5 Å². The standard InChI is InChI=1S/C18H28N4S2/c1-14(11-15-7-5-9-23-15)12-20-18(19-2)21-13-16(22(3)4)17-8-6-10-24-17/h5-10,14,16H,11-13H2,1-4H3,(H2,19,20,21). The van der Waals surface area contributed by atoms with Gasteiger partial charge in [-0.15, -0.1) is 22.7 Å². The monoisotopic (exact) mass is 364 g/mol. The summed E-state index contributed by atoms with van der Waals surface area (Å²) < 4.78 is 0. The zero-order valence-electron chi connectivity index (χ0n) is 15.0. The van der Waals surface area contributed by atoms with Crippen LogP contribution in [-0.2, 0) is 6.42 Å². The predicted octanol–water partition coefficient (Wildman–Crippen LogP) is 3.46. The van der Waals surface area contributed by atoms with E-state index in [4.69, 9.17) is 0 Å². The number of likely N-dealkylation sites (N-methyl/N-ethyl adjacent to an activating group) is 1. The first-order valence-corrected chi connectivity index (χ1v) is 10.0. The minimum absolute atomic E-state index is 0.354. The van der Waals surface area contributed by atoms with E-state index in [0.29, 0.717) is 12.0 Å². The lowest BCUT2D eigenvalue weighted by Crippen LogP contribution is -2.43. The second kappa shape index (κ2) is 9.81. The summed E-state index contributed by atoms with van der Waals surface area (Å²) >= 11 is 3.63. The summed E-state index contributed by atoms with van der Waals surface area (Å²) in [4.78, 5) is 9.40. The molecule has 0 saturated heterocycles. The maximum atomic E-state index is 4.35. The predicted molar refractivity (Wildman–Crippen MR) is 107 cm³/mol. The highest BCUT2D eigenvalue weighted by atomic mass is 32.1. The van der Waals surface area contributed by atoms with Gasteiger partial charge in [-0.3, -0.25) is 4.99 Å². The van der Waals surface area contributed by atoms with Crippen molar-refractivity contribution in [2.24, 2.45) is 10.9 Å². The van der Waals surface area contributed by atoms with Gasteiger partial charge in [-0.1, -0.05) is 19.1 Å². The van der Waals surface area contributed by atoms with Crippen molar-refractivity contribution in [3.05, 3.63) is 44.8 Å². The van der Waals surface area contributed by atoms with Crippen LogP contribution in [0.15, 0.2) is 40.0 Å². The molecule has 6 heteroatoms. The number of hydrogen-bond donors (Lipinski definition) is 2. The normalized spacial score (nSPS) is 14.6. The summed E-state index contributed by atoms with van der Waals surface area (Å²) in [6.45, 7) is 4.03. The smallest absolute Gasteiger partial charge is 0.191 e. The van der Waals surface area contributed by atoms with E-state index in [1.54, 1.807) is 11.3 Å². The van der Waals surface area contributed by atoms with Gasteiger partial charge in [0.1, 0.15) is 0 Å². The van der Waals surface area contributed by atoms with Crippen LogP contribution >= 0.6 is 22.7 Å². The molecular formula is C18H28N4S2. The van der Waals surface area contributed by atoms with Gasteiger partial charge in [0.2, 0.25) is 0 Å². The lowest BCUT2D eigenvalue weighted by Gasteiger charge is -2.25. The molecule has 0 radical (unpaired) electrons. The van der Waals surface area contributed by atoms with Crippen molar-refractivity contribution in [3.63, 3.8) is 0 Å². The third-order valence-corrected chi connectivity index (χ3v) is 5.80. The van der Waals surface area contributed by atoms with Crippen molar-refractivity contribution in [2.45, 2.75) is 19.4 Å². The van der Waals surface area contributed by atoms with Crippen molar-refractivity contribution < 1.29 is 0 Å². The van der Waals surface area contributed by atoms with Gasteiger partial charge in [-0.2, -0.15) is 0 Å². The molecule has 2 atom stereocenters. The molecule has 0 aliphatic heterocycles. The van der Waals surface area contributed by atoms with Gasteiger partial charge in [0, 0.05) is 29.9 Å². The van der Waals surface area contributed by atoms with E-state index in [0.717, 1.165) is 25.5 Å². The molecule has 0 amide bonds. The van der Waals surface area contributed by atoms with Crippen LogP contribution in [-0.4, -0.2) is 45.1 Å². The molecule has 2 unspecified atom stereocenters. The Kier molecular flexibility index (Phi) is 7.75. The minimum atomic E-state index is 0.354. The number of thiophene rings is 2. The Labute approximate surface area is 153 Å². The molecule has 24 heavy (non-hydrogen) atoms. The fraction of sp³-hybridized carbons (Fsp3) is 0.500. The zero-order chi connectivity index (χ0) is 17.4. The van der Waals surface area contributed by atoms with Crippen molar-refractivity contribution >= 4 is 28.6 Å². The molecule has 0 saturated carbocycles. The molecule has 0 aromatic carbocycles. The van der Waals surface area contributed by atoms with Gasteiger partial charge in [-0.25, -0.2) is 0 Å². The van der Waals surface area contributed by atoms with E-state index in [1.165, 1.54) is 9.75 Å². The van der Waals surface area contributed by atoms with Gasteiger partial charge >= 0.3 is 0 Å². The average molecular weight is 365 g/mol. The summed E-state index contributed by atoms with van der Waals surface area (Å²) in [5.41, 5.74) is 0. The Balaban J connectivity index is 1.79. The third kappa shape index (κ3) is 5.92. The largest absolute Gasteiger partial charge is 0.356 e. The quantitative estimate of drug-likeness (QED) is 0.557. The van der Waals surface area contributed by atoms with Gasteiger partial charge in [0.15, 0.2) is 5.96 Å². The fourth-order valence-corrected chi connectivity index (χ4v) is 4.34.